The molecule has 0 unspecified atom stereocenters. The summed E-state index contributed by atoms with van der Waals surface area (Å²) in [5, 5.41) is 7.79. The number of hydrogen-bond acceptors (Lipinski definition) is 6. The molecule has 3 rings (SSSR count). The van der Waals surface area contributed by atoms with E-state index in [0.29, 0.717) is 16.7 Å². The Balaban J connectivity index is 1.90. The number of anilines is 2. The topological polar surface area (TPSA) is 77.8 Å². The molecule has 112 valence electrons. The monoisotopic (exact) mass is 316 g/mol. The predicted octanol–water partition coefficient (Wildman–Crippen LogP) is 2.77. The fraction of sp³-hybridized carbons (Fsp3) is 0.143. The van der Waals surface area contributed by atoms with Crippen molar-refractivity contribution in [2.75, 3.05) is 12.4 Å². The Morgan fingerprint density at radius 2 is 2.09 bits per heavy atom. The van der Waals surface area contributed by atoms with Crippen LogP contribution < -0.4 is 10.1 Å². The number of methoxy groups -OCH3 is 1. The van der Waals surface area contributed by atoms with E-state index in [-0.39, 0.29) is 0 Å². The Morgan fingerprint density at radius 1 is 1.23 bits per heavy atom. The minimum Gasteiger partial charge on any atom is -0.481 e. The van der Waals surface area contributed by atoms with Crippen LogP contribution >= 0.6 is 11.6 Å². The first kappa shape index (κ1) is 14.3. The zero-order valence-electron chi connectivity index (χ0n) is 12.0. The summed E-state index contributed by atoms with van der Waals surface area (Å²) >= 11 is 6.32. The third-order valence-electron chi connectivity index (χ3n) is 3.12. The van der Waals surface area contributed by atoms with Crippen molar-refractivity contribution in [3.05, 3.63) is 47.8 Å². The summed E-state index contributed by atoms with van der Waals surface area (Å²) in [7, 11) is 1.57. The van der Waals surface area contributed by atoms with E-state index in [4.69, 9.17) is 16.3 Å². The molecule has 0 bridgehead atoms. The van der Waals surface area contributed by atoms with Crippen LogP contribution in [0, 0.1) is 6.92 Å². The molecule has 0 radical (unpaired) electrons. The first-order valence-corrected chi connectivity index (χ1v) is 6.84. The molecule has 2 aromatic heterocycles. The molecule has 0 saturated carbocycles. The van der Waals surface area contributed by atoms with E-state index in [1.807, 2.05) is 19.1 Å². The zero-order chi connectivity index (χ0) is 15.5. The molecule has 0 aliphatic heterocycles. The van der Waals surface area contributed by atoms with Gasteiger partial charge in [-0.05, 0) is 25.1 Å². The lowest BCUT2D eigenvalue weighted by atomic mass is 10.2. The van der Waals surface area contributed by atoms with Crippen LogP contribution in [0.3, 0.4) is 0 Å². The lowest BCUT2D eigenvalue weighted by Crippen LogP contribution is -2.01. The maximum atomic E-state index is 6.32. The summed E-state index contributed by atoms with van der Waals surface area (Å²) < 4.78 is 6.81. The summed E-state index contributed by atoms with van der Waals surface area (Å²) in [5.41, 5.74) is 2.36. The van der Waals surface area contributed by atoms with Crippen molar-refractivity contribution in [1.29, 1.82) is 0 Å². The number of halogens is 1. The Morgan fingerprint density at radius 3 is 2.77 bits per heavy atom. The number of hydrogen-bond donors (Lipinski definition) is 1. The van der Waals surface area contributed by atoms with E-state index >= 15 is 0 Å². The molecule has 0 spiro atoms. The van der Waals surface area contributed by atoms with E-state index in [1.165, 1.54) is 12.7 Å². The second-order valence-electron chi connectivity index (χ2n) is 4.49. The van der Waals surface area contributed by atoms with Crippen molar-refractivity contribution in [3.63, 3.8) is 0 Å². The lowest BCUT2D eigenvalue weighted by molar-refractivity contribution is 0.394. The third-order valence-corrected chi connectivity index (χ3v) is 3.43. The van der Waals surface area contributed by atoms with Crippen LogP contribution in [-0.2, 0) is 0 Å². The highest BCUT2D eigenvalue weighted by molar-refractivity contribution is 6.33. The van der Waals surface area contributed by atoms with Gasteiger partial charge in [-0.15, -0.1) is 0 Å². The van der Waals surface area contributed by atoms with E-state index in [2.05, 4.69) is 25.4 Å². The first-order chi connectivity index (χ1) is 10.7. The summed E-state index contributed by atoms with van der Waals surface area (Å²) in [6, 6.07) is 5.54. The van der Waals surface area contributed by atoms with Crippen molar-refractivity contribution in [2.45, 2.75) is 6.92 Å². The van der Waals surface area contributed by atoms with Gasteiger partial charge in [-0.1, -0.05) is 11.6 Å². The van der Waals surface area contributed by atoms with Crippen LogP contribution in [0.15, 0.2) is 37.2 Å². The lowest BCUT2D eigenvalue weighted by Gasteiger charge is -2.12. The molecule has 0 saturated heterocycles. The summed E-state index contributed by atoms with van der Waals surface area (Å²) in [6.45, 7) is 1.87. The second-order valence-corrected chi connectivity index (χ2v) is 4.89. The fourth-order valence-corrected chi connectivity index (χ4v) is 2.20. The van der Waals surface area contributed by atoms with Crippen molar-refractivity contribution in [1.82, 2.24) is 24.7 Å². The predicted molar refractivity (Wildman–Crippen MR) is 83.0 cm³/mol. The van der Waals surface area contributed by atoms with Crippen LogP contribution in [0.4, 0.5) is 11.5 Å². The van der Waals surface area contributed by atoms with Crippen molar-refractivity contribution >= 4 is 23.1 Å². The third kappa shape index (κ3) is 2.71. The molecule has 8 heteroatoms. The Kier molecular flexibility index (Phi) is 3.88. The number of ether oxygens (including phenoxy) is 1. The minimum atomic E-state index is 0.521. The maximum absolute atomic E-state index is 6.32. The molecule has 7 nitrogen and oxygen atoms in total. The second kappa shape index (κ2) is 5.98. The number of nitrogens with zero attached hydrogens (tertiary/aromatic N) is 5. The van der Waals surface area contributed by atoms with Crippen LogP contribution in [0.25, 0.3) is 5.69 Å². The molecule has 1 N–H and O–H groups in total. The van der Waals surface area contributed by atoms with Gasteiger partial charge in [0, 0.05) is 0 Å². The molecule has 0 aliphatic carbocycles. The summed E-state index contributed by atoms with van der Waals surface area (Å²) in [6.07, 6.45) is 4.51. The fourth-order valence-electron chi connectivity index (χ4n) is 1.98. The number of benzene rings is 1. The molecule has 0 atom stereocenters. The maximum Gasteiger partial charge on any atom is 0.221 e. The van der Waals surface area contributed by atoms with Crippen molar-refractivity contribution < 1.29 is 4.74 Å². The van der Waals surface area contributed by atoms with Crippen molar-refractivity contribution in [2.24, 2.45) is 0 Å². The molecule has 3 aromatic rings. The standard InChI is InChI=1S/C14H13ClN6O/c1-9-13(17-7-18-14(9)22-2)20-12-4-3-10(5-11(12)15)21-8-16-6-19-21/h3-8H,1-2H3,(H,17,18,20). The van der Waals surface area contributed by atoms with Gasteiger partial charge < -0.3 is 10.1 Å². The van der Waals surface area contributed by atoms with Gasteiger partial charge in [-0.2, -0.15) is 5.10 Å². The van der Waals surface area contributed by atoms with Gasteiger partial charge in [0.15, 0.2) is 0 Å². The molecule has 0 fully saturated rings. The molecule has 2 heterocycles. The molecule has 0 aliphatic rings. The average molecular weight is 317 g/mol. The van der Waals surface area contributed by atoms with Crippen molar-refractivity contribution in [3.8, 4) is 11.6 Å². The van der Waals surface area contributed by atoms with E-state index in [1.54, 1.807) is 24.2 Å². The number of rotatable bonds is 4. The normalized spacial score (nSPS) is 10.5. The number of aromatic nitrogens is 5. The van der Waals surface area contributed by atoms with Crippen LogP contribution in [0.2, 0.25) is 5.02 Å². The molecule has 0 amide bonds. The smallest absolute Gasteiger partial charge is 0.221 e. The highest BCUT2D eigenvalue weighted by atomic mass is 35.5. The molecular weight excluding hydrogens is 304 g/mol. The van der Waals surface area contributed by atoms with Gasteiger partial charge in [-0.3, -0.25) is 0 Å². The first-order valence-electron chi connectivity index (χ1n) is 6.46. The van der Waals surface area contributed by atoms with Gasteiger partial charge >= 0.3 is 0 Å². The van der Waals surface area contributed by atoms with Crippen LogP contribution in [-0.4, -0.2) is 31.8 Å². The Bertz CT molecular complexity index is 790. The summed E-state index contributed by atoms with van der Waals surface area (Å²) in [5.74, 6) is 1.16. The Labute approximate surface area is 132 Å². The summed E-state index contributed by atoms with van der Waals surface area (Å²) in [4.78, 5) is 12.2. The SMILES string of the molecule is COc1ncnc(Nc2ccc(-n3cncn3)cc2Cl)c1C. The van der Waals surface area contributed by atoms with Gasteiger partial charge in [0.2, 0.25) is 5.88 Å². The highest BCUT2D eigenvalue weighted by Gasteiger charge is 2.10. The molecular formula is C14H13ClN6O. The van der Waals surface area contributed by atoms with Gasteiger partial charge in [0.1, 0.15) is 24.8 Å². The highest BCUT2D eigenvalue weighted by Crippen LogP contribution is 2.29. The largest absolute Gasteiger partial charge is 0.481 e. The zero-order valence-corrected chi connectivity index (χ0v) is 12.7. The van der Waals surface area contributed by atoms with E-state index < -0.39 is 0 Å². The van der Waals surface area contributed by atoms with Gasteiger partial charge in [0.05, 0.1) is 29.1 Å². The number of nitrogens with one attached hydrogen (secondary N) is 1. The van der Waals surface area contributed by atoms with E-state index in [0.717, 1.165) is 16.9 Å². The Hall–Kier alpha value is -2.67. The van der Waals surface area contributed by atoms with Crippen LogP contribution in [0.5, 0.6) is 5.88 Å². The van der Waals surface area contributed by atoms with Crippen LogP contribution in [0.1, 0.15) is 5.56 Å². The quantitative estimate of drug-likeness (QED) is 0.797. The average Bonchev–Trinajstić information content (AvgIpc) is 3.05. The molecule has 22 heavy (non-hydrogen) atoms. The van der Waals surface area contributed by atoms with Gasteiger partial charge in [-0.25, -0.2) is 19.6 Å². The molecule has 1 aromatic carbocycles. The van der Waals surface area contributed by atoms with E-state index in [9.17, 15) is 0 Å². The minimum absolute atomic E-state index is 0.521. The van der Waals surface area contributed by atoms with Gasteiger partial charge in [0.25, 0.3) is 0 Å².